The van der Waals surface area contributed by atoms with Gasteiger partial charge in [-0.1, -0.05) is 50.2 Å². The molecule has 3 aromatic carbocycles. The summed E-state index contributed by atoms with van der Waals surface area (Å²) in [5.74, 6) is 1.26. The maximum atomic E-state index is 14.3. The Bertz CT molecular complexity index is 3370. The van der Waals surface area contributed by atoms with Crippen LogP contribution in [0.3, 0.4) is 0 Å². The lowest BCUT2D eigenvalue weighted by Gasteiger charge is -2.63. The summed E-state index contributed by atoms with van der Waals surface area (Å²) in [6.45, 7) is 11.9. The number of carbonyl (C=O) groups excluding carboxylic acids is 1. The minimum absolute atomic E-state index is 0.0515. The molecule has 6 heterocycles. The van der Waals surface area contributed by atoms with Gasteiger partial charge in [0.2, 0.25) is 0 Å². The molecule has 2 aliphatic heterocycles. The Labute approximate surface area is 435 Å². The molecule has 4 aromatic heterocycles. The second-order valence-corrected chi connectivity index (χ2v) is 23.3. The van der Waals surface area contributed by atoms with Gasteiger partial charge in [0.05, 0.1) is 35.7 Å². The van der Waals surface area contributed by atoms with Crippen LogP contribution in [0, 0.1) is 21.4 Å². The highest BCUT2D eigenvalue weighted by molar-refractivity contribution is 7.90. The molecular weight excluding hydrogens is 975 g/mol. The Hall–Kier alpha value is -7.13. The number of H-pyrrole nitrogens is 2. The van der Waals surface area contributed by atoms with Gasteiger partial charge < -0.3 is 34.8 Å². The van der Waals surface area contributed by atoms with E-state index in [1.807, 2.05) is 18.2 Å². The van der Waals surface area contributed by atoms with E-state index in [-0.39, 0.29) is 45.4 Å². The molecule has 0 bridgehead atoms. The van der Waals surface area contributed by atoms with Crippen LogP contribution in [-0.2, 0) is 16.6 Å². The number of fused-ring (bicyclic) bond motifs is 2. The largest absolute Gasteiger partial charge is 0.497 e. The van der Waals surface area contributed by atoms with Crippen molar-refractivity contribution in [1.29, 1.82) is 0 Å². The number of hydrogen-bond donors (Lipinski definition) is 5. The normalized spacial score (nSPS) is 21.3. The monoisotopic (exact) mass is 1040 g/mol. The summed E-state index contributed by atoms with van der Waals surface area (Å²) >= 11 is 0. The first-order valence-electron chi connectivity index (χ1n) is 25.8. The van der Waals surface area contributed by atoms with Crippen LogP contribution in [0.4, 0.5) is 17.2 Å². The summed E-state index contributed by atoms with van der Waals surface area (Å²) in [7, 11) is -3.10. The number of nitro groups is 1. The molecule has 5 N–H and O–H groups in total. The predicted molar refractivity (Wildman–Crippen MR) is 285 cm³/mol. The number of amides is 1. The number of aromatic amines is 2. The third-order valence-electron chi connectivity index (χ3n) is 16.0. The zero-order valence-corrected chi connectivity index (χ0v) is 43.4. The molecule has 2 saturated carbocycles. The van der Waals surface area contributed by atoms with Gasteiger partial charge in [-0.3, -0.25) is 24.7 Å². The lowest BCUT2D eigenvalue weighted by molar-refractivity contribution is -0.384. The number of carbonyl (C=O) groups is 1. The number of piperazine rings is 1. The van der Waals surface area contributed by atoms with Crippen molar-refractivity contribution in [3.63, 3.8) is 0 Å². The van der Waals surface area contributed by atoms with E-state index in [4.69, 9.17) is 14.5 Å². The number of methoxy groups -OCH3 is 1. The van der Waals surface area contributed by atoms with Crippen LogP contribution in [0.2, 0.25) is 0 Å². The summed E-state index contributed by atoms with van der Waals surface area (Å²) in [6, 6.07) is 24.1. The molecule has 75 heavy (non-hydrogen) atoms. The van der Waals surface area contributed by atoms with Gasteiger partial charge in [-0.15, -0.1) is 0 Å². The van der Waals surface area contributed by atoms with Crippen molar-refractivity contribution in [2.24, 2.45) is 11.3 Å². The van der Waals surface area contributed by atoms with Crippen molar-refractivity contribution >= 4 is 55.2 Å². The summed E-state index contributed by atoms with van der Waals surface area (Å²) in [4.78, 5) is 52.4. The first-order valence-corrected chi connectivity index (χ1v) is 27.3. The van der Waals surface area contributed by atoms with Crippen LogP contribution >= 0.6 is 0 Å². The molecule has 2 saturated heterocycles. The summed E-state index contributed by atoms with van der Waals surface area (Å²) < 4.78 is 42.5. The number of nitrogens with one attached hydrogen (secondary N) is 4. The maximum Gasteiger partial charge on any atom is 0.296 e. The fraction of sp³-hybridized carbons (Fsp3) is 0.418. The highest BCUT2D eigenvalue weighted by Gasteiger charge is 2.55. The molecule has 1 spiro atoms. The van der Waals surface area contributed by atoms with Crippen molar-refractivity contribution in [3.05, 3.63) is 130 Å². The highest BCUT2D eigenvalue weighted by atomic mass is 32.2. The van der Waals surface area contributed by atoms with E-state index in [9.17, 15) is 28.4 Å². The smallest absolute Gasteiger partial charge is 0.296 e. The van der Waals surface area contributed by atoms with Gasteiger partial charge in [0.1, 0.15) is 50.4 Å². The van der Waals surface area contributed by atoms with E-state index >= 15 is 0 Å². The van der Waals surface area contributed by atoms with Gasteiger partial charge >= 0.3 is 0 Å². The van der Waals surface area contributed by atoms with E-state index < -0.39 is 37.0 Å². The van der Waals surface area contributed by atoms with Crippen LogP contribution in [-0.4, -0.2) is 117 Å². The predicted octanol–water partition coefficient (Wildman–Crippen LogP) is 8.67. The average Bonchev–Trinajstić information content (AvgIpc) is 4.06. The molecule has 1 unspecified atom stereocenters. The molecule has 20 heteroatoms. The second-order valence-electron chi connectivity index (χ2n) is 21.7. The Morgan fingerprint density at radius 3 is 2.49 bits per heavy atom. The standard InChI is InChI=1S/C55H63N11O8S/c1-34(2)41-7-5-6-8-42(41)45-30-63(29-36-9-11-39(73-4)12-10-36)19-20-65(45)38-24-55(25-38)31-64(32-55)48-23-46(74-40-21-37-15-18-56-52(37)59-27-40)43(28-57-48)53(67)62-75(71,72)47-22-44(66(69)70)49(51-50(47)60-33-61-51)58-26-35-13-16-54(3,68)17-14-35/h5-12,15,18,21-23,27-28,33-35,38,45,58,68H,13-14,16-17,19-20,24-26,29-32H2,1-4H3,(H,56,59)(H,60,61)(H,62,67). The molecule has 4 fully saturated rings. The second kappa shape index (κ2) is 19.9. The zero-order valence-electron chi connectivity index (χ0n) is 42.6. The molecule has 4 aliphatic rings. The number of nitro benzene ring substituents is 1. The Balaban J connectivity index is 0.814. The number of ether oxygens (including phenoxy) is 2. The van der Waals surface area contributed by atoms with Gasteiger partial charge in [-0.25, -0.2) is 28.1 Å². The lowest BCUT2D eigenvalue weighted by atomic mass is 9.60. The van der Waals surface area contributed by atoms with Crippen LogP contribution in [0.1, 0.15) is 98.3 Å². The number of pyridine rings is 2. The number of aliphatic hydroxyl groups is 1. The third kappa shape index (κ3) is 10.1. The van der Waals surface area contributed by atoms with Crippen LogP contribution in [0.5, 0.6) is 17.2 Å². The average molecular weight is 1040 g/mol. The van der Waals surface area contributed by atoms with E-state index in [1.54, 1.807) is 32.4 Å². The van der Waals surface area contributed by atoms with Crippen molar-refractivity contribution in [1.82, 2.24) is 39.4 Å². The summed E-state index contributed by atoms with van der Waals surface area (Å²) in [5, 5.41) is 26.9. The molecule has 11 rings (SSSR count). The number of anilines is 2. The quantitative estimate of drug-likeness (QED) is 0.0450. The third-order valence-corrected chi connectivity index (χ3v) is 17.4. The Kier molecular flexibility index (Phi) is 13.3. The number of nitrogens with zero attached hydrogens (tertiary/aromatic N) is 7. The topological polar surface area (TPSA) is 237 Å². The fourth-order valence-electron chi connectivity index (χ4n) is 11.9. The lowest BCUT2D eigenvalue weighted by Crippen LogP contribution is -2.68. The van der Waals surface area contributed by atoms with Crippen molar-refractivity contribution in [2.45, 2.75) is 94.3 Å². The van der Waals surface area contributed by atoms with Crippen LogP contribution < -0.4 is 24.4 Å². The minimum atomic E-state index is -4.79. The van der Waals surface area contributed by atoms with E-state index in [2.05, 4.69) is 94.9 Å². The number of sulfonamides is 1. The first kappa shape index (κ1) is 50.0. The maximum absolute atomic E-state index is 14.3. The molecule has 1 amide bonds. The van der Waals surface area contributed by atoms with Gasteiger partial charge in [0.15, 0.2) is 0 Å². The van der Waals surface area contributed by atoms with Gasteiger partial charge in [0, 0.05) is 93.2 Å². The summed E-state index contributed by atoms with van der Waals surface area (Å²) in [5.41, 5.74) is 3.44. The first-order chi connectivity index (χ1) is 36.0. The van der Waals surface area contributed by atoms with E-state index in [0.29, 0.717) is 48.6 Å². The number of aromatic nitrogens is 5. The molecule has 0 radical (unpaired) electrons. The van der Waals surface area contributed by atoms with Crippen molar-refractivity contribution in [3.8, 4) is 17.2 Å². The number of hydrogen-bond acceptors (Lipinski definition) is 15. The Morgan fingerprint density at radius 2 is 1.75 bits per heavy atom. The molecule has 19 nitrogen and oxygen atoms in total. The van der Waals surface area contributed by atoms with E-state index in [0.717, 1.165) is 82.2 Å². The fourth-order valence-corrected chi connectivity index (χ4v) is 13.1. The molecule has 1 atom stereocenters. The zero-order chi connectivity index (χ0) is 52.2. The van der Waals surface area contributed by atoms with Crippen LogP contribution in [0.25, 0.3) is 22.1 Å². The van der Waals surface area contributed by atoms with Gasteiger partial charge in [-0.2, -0.15) is 0 Å². The van der Waals surface area contributed by atoms with Crippen molar-refractivity contribution in [2.75, 3.05) is 56.6 Å². The van der Waals surface area contributed by atoms with Crippen molar-refractivity contribution < 1.29 is 32.7 Å². The molecular formula is C55H63N11O8S. The van der Waals surface area contributed by atoms with E-state index in [1.165, 1.54) is 35.4 Å². The molecule has 7 aromatic rings. The molecule has 392 valence electrons. The number of imidazole rings is 1. The van der Waals surface area contributed by atoms with Gasteiger partial charge in [-0.05, 0) is 98.2 Å². The number of benzene rings is 3. The molecule has 2 aliphatic carbocycles. The van der Waals surface area contributed by atoms with Crippen LogP contribution in [0.15, 0.2) is 103 Å². The van der Waals surface area contributed by atoms with Gasteiger partial charge in [0.25, 0.3) is 21.6 Å². The highest BCUT2D eigenvalue weighted by Crippen LogP contribution is 2.53. The SMILES string of the molecule is COc1ccc(CN2CCN(C3CC4(C3)CN(c3cc(Oc5cnc6[nH]ccc6c5)c(C(=O)NS(=O)(=O)c5cc([N+](=O)[O-])c(NCC6CCC(C)(O)CC6)c6[nH]cnc56)cn3)C4)C(c3ccccc3C(C)C)C2)cc1. The number of rotatable bonds is 16. The Morgan fingerprint density at radius 1 is 0.973 bits per heavy atom. The summed E-state index contributed by atoms with van der Waals surface area (Å²) in [6.07, 6.45) is 10.5. The minimum Gasteiger partial charge on any atom is -0.497 e.